The molecule has 0 atom stereocenters. The lowest BCUT2D eigenvalue weighted by Gasteiger charge is -2.26. The van der Waals surface area contributed by atoms with Crippen LogP contribution >= 0.6 is 12.2 Å². The lowest BCUT2D eigenvalue weighted by atomic mass is 10.0. The number of nitrogens with zero attached hydrogens (tertiary/aromatic N) is 1. The molecule has 2 aromatic carbocycles. The number of benzene rings is 2. The van der Waals surface area contributed by atoms with Crippen LogP contribution in [0.3, 0.4) is 0 Å². The third-order valence-corrected chi connectivity index (χ3v) is 5.12. The van der Waals surface area contributed by atoms with Gasteiger partial charge < -0.3 is 15.2 Å². The minimum absolute atomic E-state index is 0.0615. The Balaban J connectivity index is 1.97. The number of pyridine rings is 1. The summed E-state index contributed by atoms with van der Waals surface area (Å²) in [6.45, 7) is 7.95. The van der Waals surface area contributed by atoms with Gasteiger partial charge in [-0.25, -0.2) is 0 Å². The molecule has 140 valence electrons. The summed E-state index contributed by atoms with van der Waals surface area (Å²) < 4.78 is 0. The van der Waals surface area contributed by atoms with E-state index in [1.165, 1.54) is 0 Å². The van der Waals surface area contributed by atoms with Gasteiger partial charge in [0.1, 0.15) is 0 Å². The van der Waals surface area contributed by atoms with Crippen molar-refractivity contribution < 1.29 is 0 Å². The van der Waals surface area contributed by atoms with E-state index >= 15 is 0 Å². The van der Waals surface area contributed by atoms with Gasteiger partial charge in [0.25, 0.3) is 5.56 Å². The Morgan fingerprint density at radius 3 is 2.48 bits per heavy atom. The highest BCUT2D eigenvalue weighted by Crippen LogP contribution is 2.20. The summed E-state index contributed by atoms with van der Waals surface area (Å²) in [5.41, 5.74) is 4.94. The SMILES string of the molecule is CCNC(=S)N(Cc1ccccc1)Cc1cc2c(C)ccc(C)c2[nH]c1=O. The van der Waals surface area contributed by atoms with Gasteiger partial charge in [-0.05, 0) is 55.7 Å². The molecule has 0 saturated heterocycles. The number of aromatic amines is 1. The van der Waals surface area contributed by atoms with Crippen molar-refractivity contribution in [2.45, 2.75) is 33.9 Å². The van der Waals surface area contributed by atoms with Crippen molar-refractivity contribution in [2.75, 3.05) is 6.54 Å². The van der Waals surface area contributed by atoms with Crippen LogP contribution in [0.2, 0.25) is 0 Å². The Morgan fingerprint density at radius 2 is 1.78 bits per heavy atom. The molecule has 2 N–H and O–H groups in total. The highest BCUT2D eigenvalue weighted by molar-refractivity contribution is 7.80. The first kappa shape index (κ1) is 19.1. The topological polar surface area (TPSA) is 48.1 Å². The molecule has 0 amide bonds. The molecule has 5 heteroatoms. The van der Waals surface area contributed by atoms with E-state index in [2.05, 4.69) is 35.4 Å². The van der Waals surface area contributed by atoms with E-state index in [9.17, 15) is 4.79 Å². The summed E-state index contributed by atoms with van der Waals surface area (Å²) in [4.78, 5) is 17.8. The first-order chi connectivity index (χ1) is 13.0. The van der Waals surface area contributed by atoms with Crippen LogP contribution in [0.25, 0.3) is 10.9 Å². The molecule has 0 aliphatic carbocycles. The van der Waals surface area contributed by atoms with Crippen LogP contribution in [0, 0.1) is 13.8 Å². The zero-order valence-corrected chi connectivity index (χ0v) is 16.8. The van der Waals surface area contributed by atoms with Crippen LogP contribution in [-0.4, -0.2) is 21.5 Å². The van der Waals surface area contributed by atoms with E-state index in [1.807, 2.05) is 49.1 Å². The average Bonchev–Trinajstić information content (AvgIpc) is 2.66. The summed E-state index contributed by atoms with van der Waals surface area (Å²) in [6.07, 6.45) is 0. The van der Waals surface area contributed by atoms with E-state index in [-0.39, 0.29) is 5.56 Å². The number of aryl methyl sites for hydroxylation is 2. The molecule has 1 aromatic heterocycles. The number of H-pyrrole nitrogens is 1. The second kappa shape index (κ2) is 8.35. The molecular formula is C22H25N3OS. The third-order valence-electron chi connectivity index (χ3n) is 4.71. The van der Waals surface area contributed by atoms with E-state index < -0.39 is 0 Å². The van der Waals surface area contributed by atoms with Crippen LogP contribution in [0.1, 0.15) is 29.2 Å². The zero-order valence-electron chi connectivity index (χ0n) is 16.0. The van der Waals surface area contributed by atoms with Gasteiger partial charge in [-0.1, -0.05) is 42.5 Å². The summed E-state index contributed by atoms with van der Waals surface area (Å²) >= 11 is 5.56. The van der Waals surface area contributed by atoms with Crippen LogP contribution in [0.15, 0.2) is 53.3 Å². The molecule has 3 aromatic rings. The van der Waals surface area contributed by atoms with Gasteiger partial charge in [-0.15, -0.1) is 0 Å². The second-order valence-corrected chi connectivity index (χ2v) is 7.18. The molecule has 27 heavy (non-hydrogen) atoms. The molecule has 1 heterocycles. The highest BCUT2D eigenvalue weighted by Gasteiger charge is 2.14. The Bertz CT molecular complexity index is 1010. The maximum atomic E-state index is 12.7. The van der Waals surface area contributed by atoms with Gasteiger partial charge in [-0.2, -0.15) is 0 Å². The average molecular weight is 380 g/mol. The maximum Gasteiger partial charge on any atom is 0.253 e. The van der Waals surface area contributed by atoms with E-state index in [1.54, 1.807) is 0 Å². The minimum atomic E-state index is -0.0615. The number of nitrogens with one attached hydrogen (secondary N) is 2. The molecule has 3 rings (SSSR count). The summed E-state index contributed by atoms with van der Waals surface area (Å²) in [7, 11) is 0. The number of thiocarbonyl (C=S) groups is 1. The fraction of sp³-hybridized carbons (Fsp3) is 0.273. The number of hydrogen-bond acceptors (Lipinski definition) is 2. The molecule has 4 nitrogen and oxygen atoms in total. The van der Waals surface area contributed by atoms with Crippen molar-refractivity contribution in [3.8, 4) is 0 Å². The molecule has 0 aliphatic heterocycles. The largest absolute Gasteiger partial charge is 0.363 e. The van der Waals surface area contributed by atoms with Crippen molar-refractivity contribution in [1.29, 1.82) is 0 Å². The summed E-state index contributed by atoms with van der Waals surface area (Å²) in [6, 6.07) is 16.3. The maximum absolute atomic E-state index is 12.7. The fourth-order valence-corrected chi connectivity index (χ4v) is 3.48. The highest BCUT2D eigenvalue weighted by atomic mass is 32.1. The molecular weight excluding hydrogens is 354 g/mol. The predicted octanol–water partition coefficient (Wildman–Crippen LogP) is 4.04. The van der Waals surface area contributed by atoms with Crippen LogP contribution in [-0.2, 0) is 13.1 Å². The van der Waals surface area contributed by atoms with Crippen LogP contribution in [0.4, 0.5) is 0 Å². The molecule has 0 aliphatic rings. The first-order valence-electron chi connectivity index (χ1n) is 9.18. The Morgan fingerprint density at radius 1 is 1.07 bits per heavy atom. The van der Waals surface area contributed by atoms with Crippen LogP contribution < -0.4 is 10.9 Å². The Hall–Kier alpha value is -2.66. The Kier molecular flexibility index (Phi) is 5.91. The second-order valence-electron chi connectivity index (χ2n) is 6.79. The summed E-state index contributed by atoms with van der Waals surface area (Å²) in [5.74, 6) is 0. The monoisotopic (exact) mass is 379 g/mol. The van der Waals surface area contributed by atoms with Crippen molar-refractivity contribution in [3.05, 3.63) is 81.1 Å². The molecule has 0 saturated carbocycles. The Labute approximate surface area is 165 Å². The quantitative estimate of drug-likeness (QED) is 0.657. The molecule has 0 spiro atoms. The van der Waals surface area contributed by atoms with E-state index in [0.29, 0.717) is 23.8 Å². The normalized spacial score (nSPS) is 10.8. The van der Waals surface area contributed by atoms with Gasteiger partial charge in [0.2, 0.25) is 0 Å². The van der Waals surface area contributed by atoms with E-state index in [0.717, 1.165) is 34.1 Å². The van der Waals surface area contributed by atoms with Crippen molar-refractivity contribution in [1.82, 2.24) is 15.2 Å². The van der Waals surface area contributed by atoms with Gasteiger partial charge >= 0.3 is 0 Å². The number of rotatable bonds is 5. The predicted molar refractivity (Wildman–Crippen MR) is 116 cm³/mol. The van der Waals surface area contributed by atoms with Gasteiger partial charge in [0, 0.05) is 24.0 Å². The van der Waals surface area contributed by atoms with Crippen molar-refractivity contribution in [2.24, 2.45) is 0 Å². The first-order valence-corrected chi connectivity index (χ1v) is 9.59. The third kappa shape index (κ3) is 4.37. The van der Waals surface area contributed by atoms with E-state index in [4.69, 9.17) is 12.2 Å². The summed E-state index contributed by atoms with van der Waals surface area (Å²) in [5, 5.41) is 4.94. The standard InChI is InChI=1S/C22H25N3OS/c1-4-23-22(27)25(13-17-8-6-5-7-9-17)14-18-12-19-15(2)10-11-16(3)20(19)24-21(18)26/h5-12H,4,13-14H2,1-3H3,(H,23,27)(H,24,26). The van der Waals surface area contributed by atoms with Gasteiger partial charge in [0.15, 0.2) is 5.11 Å². The molecule has 0 unspecified atom stereocenters. The number of fused-ring (bicyclic) bond motifs is 1. The molecule has 0 radical (unpaired) electrons. The van der Waals surface area contributed by atoms with Gasteiger partial charge in [-0.3, -0.25) is 4.79 Å². The smallest absolute Gasteiger partial charge is 0.253 e. The molecule has 0 fully saturated rings. The lowest BCUT2D eigenvalue weighted by molar-refractivity contribution is 0.398. The number of aromatic nitrogens is 1. The number of hydrogen-bond donors (Lipinski definition) is 2. The fourth-order valence-electron chi connectivity index (χ4n) is 3.21. The lowest BCUT2D eigenvalue weighted by Crippen LogP contribution is -2.39. The van der Waals surface area contributed by atoms with Gasteiger partial charge in [0.05, 0.1) is 12.1 Å². The zero-order chi connectivity index (χ0) is 19.4. The van der Waals surface area contributed by atoms with Crippen molar-refractivity contribution >= 4 is 28.2 Å². The minimum Gasteiger partial charge on any atom is -0.363 e. The molecule has 0 bridgehead atoms. The van der Waals surface area contributed by atoms with Crippen molar-refractivity contribution in [3.63, 3.8) is 0 Å². The van der Waals surface area contributed by atoms with Crippen LogP contribution in [0.5, 0.6) is 0 Å².